The molecule has 0 aliphatic heterocycles. The molecule has 0 saturated carbocycles. The molecular formula is C28H32Cl2N8O7. The predicted molar refractivity (Wildman–Crippen MR) is 168 cm³/mol. The van der Waals surface area contributed by atoms with Crippen molar-refractivity contribution in [2.45, 2.75) is 38.9 Å². The summed E-state index contributed by atoms with van der Waals surface area (Å²) in [4.78, 5) is 43.1. The minimum Gasteiger partial charge on any atom is -0.484 e. The minimum absolute atomic E-state index is 0.113. The van der Waals surface area contributed by atoms with Crippen molar-refractivity contribution in [3.63, 3.8) is 0 Å². The van der Waals surface area contributed by atoms with Gasteiger partial charge in [0, 0.05) is 26.2 Å². The molecule has 0 aliphatic carbocycles. The fraction of sp³-hybridized carbons (Fsp3) is 0.321. The lowest BCUT2D eigenvalue weighted by Crippen LogP contribution is -2.37. The first-order chi connectivity index (χ1) is 21.0. The molecule has 15 nitrogen and oxygen atoms in total. The van der Waals surface area contributed by atoms with Crippen LogP contribution < -0.4 is 31.2 Å². The van der Waals surface area contributed by atoms with Gasteiger partial charge >= 0.3 is 5.97 Å². The maximum absolute atomic E-state index is 11.9. The molecule has 0 aromatic carbocycles. The number of halogens is 2. The molecule has 0 spiro atoms. The highest BCUT2D eigenvalue weighted by Crippen LogP contribution is 2.22. The number of aliphatic hydroxyl groups excluding tert-OH is 1. The molecule has 0 saturated heterocycles. The van der Waals surface area contributed by atoms with E-state index in [-0.39, 0.29) is 39.4 Å². The van der Waals surface area contributed by atoms with Gasteiger partial charge < -0.3 is 30.3 Å². The van der Waals surface area contributed by atoms with Gasteiger partial charge in [-0.25, -0.2) is 24.1 Å². The first-order valence-corrected chi connectivity index (χ1v) is 13.9. The number of nitrogens with one attached hydrogen (secondary N) is 2. The molecule has 0 unspecified atom stereocenters. The van der Waals surface area contributed by atoms with Gasteiger partial charge in [-0.05, 0) is 52.0 Å². The van der Waals surface area contributed by atoms with E-state index in [1.54, 1.807) is 38.1 Å². The average Bonchev–Trinajstić information content (AvgIpc) is 2.96. The smallest absolute Gasteiger partial charge is 0.347 e. The second-order valence-corrected chi connectivity index (χ2v) is 11.3. The van der Waals surface area contributed by atoms with Crippen molar-refractivity contribution in [3.8, 4) is 11.5 Å². The molecule has 0 fully saturated rings. The fourth-order valence-corrected chi connectivity index (χ4v) is 3.76. The van der Waals surface area contributed by atoms with E-state index < -0.39 is 17.2 Å². The Hall–Kier alpha value is -4.73. The van der Waals surface area contributed by atoms with Crippen LogP contribution in [-0.4, -0.2) is 63.5 Å². The van der Waals surface area contributed by atoms with Crippen LogP contribution in [0.25, 0.3) is 0 Å². The number of carboxylic acid groups (broad SMARTS) is 1. The Morgan fingerprint density at radius 3 is 1.60 bits per heavy atom. The Balaban J connectivity index is 0.000000246. The second kappa shape index (κ2) is 14.4. The molecule has 17 heteroatoms. The maximum atomic E-state index is 11.9. The van der Waals surface area contributed by atoms with Crippen LogP contribution in [0.15, 0.2) is 58.4 Å². The molecule has 240 valence electrons. The van der Waals surface area contributed by atoms with Crippen molar-refractivity contribution in [1.82, 2.24) is 29.5 Å². The summed E-state index contributed by atoms with van der Waals surface area (Å²) in [6.45, 7) is 6.29. The lowest BCUT2D eigenvalue weighted by atomic mass is 10.1. The number of nitrogens with zero attached hydrogens (tertiary/aromatic N) is 6. The van der Waals surface area contributed by atoms with Crippen LogP contribution in [0.2, 0.25) is 10.3 Å². The van der Waals surface area contributed by atoms with Crippen LogP contribution in [-0.2, 0) is 18.9 Å². The number of hydrogen-bond donors (Lipinski definition) is 4. The minimum atomic E-state index is -1.37. The number of aromatic nitrogens is 6. The van der Waals surface area contributed by atoms with Gasteiger partial charge in [0.05, 0.1) is 19.0 Å². The normalized spacial score (nSPS) is 11.2. The van der Waals surface area contributed by atoms with E-state index in [4.69, 9.17) is 37.8 Å². The molecule has 0 amide bonds. The van der Waals surface area contributed by atoms with Gasteiger partial charge in [0.25, 0.3) is 11.1 Å². The van der Waals surface area contributed by atoms with Gasteiger partial charge in [-0.2, -0.15) is 10.2 Å². The van der Waals surface area contributed by atoms with Crippen LogP contribution in [0.5, 0.6) is 11.5 Å². The molecule has 4 N–H and O–H groups in total. The van der Waals surface area contributed by atoms with E-state index in [1.165, 1.54) is 52.5 Å². The summed E-state index contributed by atoms with van der Waals surface area (Å²) < 4.78 is 13.2. The Kier molecular flexibility index (Phi) is 11.1. The lowest BCUT2D eigenvalue weighted by Gasteiger charge is -2.23. The Morgan fingerprint density at radius 2 is 1.24 bits per heavy atom. The molecule has 45 heavy (non-hydrogen) atoms. The zero-order chi connectivity index (χ0) is 33.5. The van der Waals surface area contributed by atoms with E-state index in [2.05, 4.69) is 30.8 Å². The fourth-order valence-electron chi connectivity index (χ4n) is 3.32. The summed E-state index contributed by atoms with van der Waals surface area (Å²) in [5, 5.41) is 31.9. The number of hydrogen-bond acceptors (Lipinski definition) is 12. The van der Waals surface area contributed by atoms with E-state index in [1.807, 2.05) is 0 Å². The molecule has 4 heterocycles. The number of anilines is 4. The third-order valence-electron chi connectivity index (χ3n) is 5.73. The number of pyridine rings is 2. The monoisotopic (exact) mass is 662 g/mol. The van der Waals surface area contributed by atoms with E-state index in [0.29, 0.717) is 23.1 Å². The number of aliphatic carboxylic acids is 1. The highest BCUT2D eigenvalue weighted by Gasteiger charge is 2.29. The van der Waals surface area contributed by atoms with Crippen LogP contribution in [0.4, 0.5) is 23.0 Å². The lowest BCUT2D eigenvalue weighted by molar-refractivity contribution is -0.152. The van der Waals surface area contributed by atoms with Crippen LogP contribution >= 0.6 is 23.2 Å². The third-order valence-corrected chi connectivity index (χ3v) is 6.10. The molecule has 0 atom stereocenters. The van der Waals surface area contributed by atoms with Crippen LogP contribution in [0.1, 0.15) is 27.7 Å². The number of aliphatic hydroxyl groups is 1. The van der Waals surface area contributed by atoms with Gasteiger partial charge in [0.15, 0.2) is 15.9 Å². The van der Waals surface area contributed by atoms with Gasteiger partial charge in [0.2, 0.25) is 0 Å². The second-order valence-electron chi connectivity index (χ2n) is 10.6. The van der Waals surface area contributed by atoms with Crippen LogP contribution in [0.3, 0.4) is 0 Å². The van der Waals surface area contributed by atoms with E-state index in [9.17, 15) is 19.5 Å². The highest BCUT2D eigenvalue weighted by molar-refractivity contribution is 6.29. The predicted octanol–water partition coefficient (Wildman–Crippen LogP) is 3.54. The van der Waals surface area contributed by atoms with E-state index in [0.717, 1.165) is 9.36 Å². The van der Waals surface area contributed by atoms with Crippen molar-refractivity contribution in [2.24, 2.45) is 14.1 Å². The van der Waals surface area contributed by atoms with Crippen molar-refractivity contribution in [2.75, 3.05) is 17.2 Å². The standard InChI is InChI=1S/C14H15ClN4O4.C14H17ClN4O3/c1-14(2,13(21)22)23-8-4-5-11(16-7-8)17-9-6-10(15)18-19(3)12(9)20;1-14(2,8-20)22-9-4-5-12(16-7-9)17-10-6-11(15)18-19(3)13(10)21/h4-7H,1-3H3,(H,16,17)(H,21,22);4-7,20H,8H2,1-3H3,(H,16,17). The maximum Gasteiger partial charge on any atom is 0.347 e. The number of carboxylic acids is 1. The zero-order valence-electron chi connectivity index (χ0n) is 25.2. The largest absolute Gasteiger partial charge is 0.484 e. The summed E-state index contributed by atoms with van der Waals surface area (Å²) in [6.07, 6.45) is 2.87. The third kappa shape index (κ3) is 9.89. The Morgan fingerprint density at radius 1 is 0.822 bits per heavy atom. The first-order valence-electron chi connectivity index (χ1n) is 13.2. The van der Waals surface area contributed by atoms with Gasteiger partial charge in [0.1, 0.15) is 40.1 Å². The SMILES string of the molecule is Cn1nc(Cl)cc(Nc2ccc(OC(C)(C)C(=O)O)cn2)c1=O.Cn1nc(Cl)cc(Nc2ccc(OC(C)(C)CO)cn2)c1=O. The average molecular weight is 664 g/mol. The van der Waals surface area contributed by atoms with Crippen molar-refractivity contribution in [3.05, 3.63) is 79.8 Å². The summed E-state index contributed by atoms with van der Waals surface area (Å²) in [5.74, 6) is 0.571. The van der Waals surface area contributed by atoms with Crippen LogP contribution in [0, 0.1) is 0 Å². The molecule has 4 aromatic heterocycles. The Bertz CT molecular complexity index is 1760. The summed E-state index contributed by atoms with van der Waals surface area (Å²) in [5.41, 5.74) is -2.23. The molecule has 4 rings (SSSR count). The Labute approximate surface area is 267 Å². The first kappa shape index (κ1) is 34.8. The number of rotatable bonds is 10. The van der Waals surface area contributed by atoms with Gasteiger partial charge in [-0.3, -0.25) is 9.59 Å². The quantitative estimate of drug-likeness (QED) is 0.193. The molecule has 4 aromatic rings. The number of ether oxygens (including phenoxy) is 2. The zero-order valence-corrected chi connectivity index (χ0v) is 26.7. The topological polar surface area (TPSA) is 196 Å². The van der Waals surface area contributed by atoms with E-state index >= 15 is 0 Å². The highest BCUT2D eigenvalue weighted by atomic mass is 35.5. The van der Waals surface area contributed by atoms with Gasteiger partial charge in [-0.15, -0.1) is 0 Å². The van der Waals surface area contributed by atoms with Gasteiger partial charge in [-0.1, -0.05) is 23.2 Å². The molecule has 0 aliphatic rings. The summed E-state index contributed by atoms with van der Waals surface area (Å²) in [6, 6.07) is 9.29. The van der Waals surface area contributed by atoms with Crippen molar-refractivity contribution >= 4 is 52.2 Å². The number of aryl methyl sites for hydroxylation is 2. The summed E-state index contributed by atoms with van der Waals surface area (Å²) >= 11 is 11.6. The molecule has 0 bridgehead atoms. The summed E-state index contributed by atoms with van der Waals surface area (Å²) in [7, 11) is 3.00. The number of carbonyl (C=O) groups is 1. The van der Waals surface area contributed by atoms with Crippen molar-refractivity contribution in [1.29, 1.82) is 0 Å². The molecule has 0 radical (unpaired) electrons. The van der Waals surface area contributed by atoms with Crippen molar-refractivity contribution < 1.29 is 24.5 Å². The molecular weight excluding hydrogens is 631 g/mol.